The highest BCUT2D eigenvalue weighted by molar-refractivity contribution is 9.10. The van der Waals surface area contributed by atoms with Crippen LogP contribution in [0.15, 0.2) is 132 Å². The molecule has 0 amide bonds. The van der Waals surface area contributed by atoms with Crippen LogP contribution >= 0.6 is 15.9 Å². The minimum absolute atomic E-state index is 0.800. The van der Waals surface area contributed by atoms with Crippen LogP contribution in [0.4, 0.5) is 17.3 Å². The van der Waals surface area contributed by atoms with Crippen molar-refractivity contribution in [2.75, 3.05) is 0 Å². The maximum atomic E-state index is 9.75. The molecule has 0 aliphatic rings. The van der Waals surface area contributed by atoms with E-state index in [1.54, 1.807) is 0 Å². The monoisotopic (exact) mass is 563 g/mol. The van der Waals surface area contributed by atoms with E-state index in [1.807, 2.05) is 0 Å². The molecule has 4 aromatic carbocycles. The summed E-state index contributed by atoms with van der Waals surface area (Å²) in [6, 6.07) is 45.1. The van der Waals surface area contributed by atoms with E-state index in [0.717, 1.165) is 11.0 Å². The van der Waals surface area contributed by atoms with Gasteiger partial charge in [-0.25, -0.2) is 0 Å². The summed E-state index contributed by atoms with van der Waals surface area (Å²) in [7, 11) is -6.00. The van der Waals surface area contributed by atoms with Crippen molar-refractivity contribution in [3.63, 3.8) is 0 Å². The summed E-state index contributed by atoms with van der Waals surface area (Å²) in [6.07, 6.45) is 0. The van der Waals surface area contributed by atoms with Crippen LogP contribution < -0.4 is 4.57 Å². The molecule has 0 saturated carbocycles. The van der Waals surface area contributed by atoms with E-state index in [2.05, 4.69) is 148 Å². The highest BCUT2D eigenvalue weighted by Gasteiger charge is 2.23. The fraction of sp³-hybridized carbons (Fsp3) is 0.0333. The van der Waals surface area contributed by atoms with E-state index in [-0.39, 0.29) is 0 Å². The van der Waals surface area contributed by atoms with Gasteiger partial charge in [0, 0.05) is 33.3 Å². The number of pyridine rings is 1. The summed E-state index contributed by atoms with van der Waals surface area (Å²) in [5.74, 6) is 0. The first-order valence-corrected chi connectivity index (χ1v) is 12.4. The van der Waals surface area contributed by atoms with Gasteiger partial charge in [-0.15, -0.1) is 0 Å². The van der Waals surface area contributed by atoms with Gasteiger partial charge in [0.2, 0.25) is 11.4 Å². The lowest BCUT2D eigenvalue weighted by Crippen LogP contribution is -2.39. The minimum Gasteiger partial charge on any atom is -0.418 e. The average molecular weight is 564 g/mol. The lowest BCUT2D eigenvalue weighted by atomic mass is 9.98. The SMILES string of the molecule is Brc1cccc(-c2cc(-c3ccccc3)[n+](Cc3ccccc3)c(-c3ccccc3)c2)c1.F[B-](F)(F)F. The molecular weight excluding hydrogens is 541 g/mol. The zero-order valence-corrected chi connectivity index (χ0v) is 21.3. The Morgan fingerprint density at radius 1 is 0.514 bits per heavy atom. The van der Waals surface area contributed by atoms with Crippen LogP contribution in [0.3, 0.4) is 0 Å². The Hall–Kier alpha value is -3.71. The normalized spacial score (nSPS) is 10.9. The molecule has 0 fully saturated rings. The van der Waals surface area contributed by atoms with Gasteiger partial charge in [-0.2, -0.15) is 4.57 Å². The Balaban J connectivity index is 0.000000586. The second kappa shape index (κ2) is 12.0. The van der Waals surface area contributed by atoms with Crippen LogP contribution in [-0.4, -0.2) is 7.25 Å². The van der Waals surface area contributed by atoms with E-state index in [4.69, 9.17) is 0 Å². The molecule has 5 aromatic rings. The third-order valence-electron chi connectivity index (χ3n) is 5.65. The average Bonchev–Trinajstić information content (AvgIpc) is 2.89. The van der Waals surface area contributed by atoms with Crippen LogP contribution in [0, 0.1) is 0 Å². The molecule has 7 heteroatoms. The maximum Gasteiger partial charge on any atom is 0.673 e. The van der Waals surface area contributed by atoms with Crippen molar-refractivity contribution in [1.29, 1.82) is 0 Å². The quantitative estimate of drug-likeness (QED) is 0.114. The first-order chi connectivity index (χ1) is 17.8. The molecule has 0 radical (unpaired) electrons. The van der Waals surface area contributed by atoms with Gasteiger partial charge in [-0.1, -0.05) is 94.8 Å². The van der Waals surface area contributed by atoms with E-state index < -0.39 is 7.25 Å². The second-order valence-corrected chi connectivity index (χ2v) is 9.24. The number of benzene rings is 4. The van der Waals surface area contributed by atoms with E-state index in [9.17, 15) is 17.3 Å². The van der Waals surface area contributed by atoms with Gasteiger partial charge in [0.05, 0.1) is 0 Å². The third kappa shape index (κ3) is 7.64. The predicted octanol–water partition coefficient (Wildman–Crippen LogP) is 9.09. The Bertz CT molecular complexity index is 1380. The van der Waals surface area contributed by atoms with Gasteiger partial charge in [0.1, 0.15) is 0 Å². The number of rotatable bonds is 5. The second-order valence-electron chi connectivity index (χ2n) is 8.32. The zero-order valence-electron chi connectivity index (χ0n) is 19.7. The number of nitrogens with zero attached hydrogens (tertiary/aromatic N) is 1. The molecule has 1 nitrogen and oxygen atoms in total. The van der Waals surface area contributed by atoms with Crippen molar-refractivity contribution in [1.82, 2.24) is 0 Å². The molecule has 0 bridgehead atoms. The molecule has 0 N–H and O–H groups in total. The van der Waals surface area contributed by atoms with Crippen LogP contribution in [-0.2, 0) is 6.54 Å². The number of aromatic nitrogens is 1. The molecule has 0 saturated heterocycles. The standard InChI is InChI=1S/C30H23BrN.BF4/c31-28-18-10-17-26(19-28)27-20-29(24-13-6-2-7-14-24)32(22-23-11-4-1-5-12-23)30(21-27)25-15-8-3-9-16-25;2-1(3,4)5/h1-21H,22H2;/q+1;-1. The fourth-order valence-electron chi connectivity index (χ4n) is 4.09. The summed E-state index contributed by atoms with van der Waals surface area (Å²) >= 11 is 3.64. The number of halogens is 5. The van der Waals surface area contributed by atoms with Gasteiger partial charge in [-0.3, -0.25) is 0 Å². The Labute approximate surface area is 222 Å². The summed E-state index contributed by atoms with van der Waals surface area (Å²) in [4.78, 5) is 0. The molecule has 0 aliphatic carbocycles. The first kappa shape index (κ1) is 26.4. The van der Waals surface area contributed by atoms with Crippen LogP contribution in [0.5, 0.6) is 0 Å². The highest BCUT2D eigenvalue weighted by Crippen LogP contribution is 2.30. The van der Waals surface area contributed by atoms with E-state index >= 15 is 0 Å². The first-order valence-electron chi connectivity index (χ1n) is 11.6. The van der Waals surface area contributed by atoms with Crippen LogP contribution in [0.2, 0.25) is 0 Å². The molecule has 0 spiro atoms. The lowest BCUT2D eigenvalue weighted by Gasteiger charge is -2.13. The third-order valence-corrected chi connectivity index (χ3v) is 6.14. The summed E-state index contributed by atoms with van der Waals surface area (Å²) in [5.41, 5.74) is 8.49. The van der Waals surface area contributed by atoms with Crippen molar-refractivity contribution in [3.8, 4) is 33.6 Å². The molecular formula is C30H23BBrF4N. The summed E-state index contributed by atoms with van der Waals surface area (Å²) in [5, 5.41) is 0. The van der Waals surface area contributed by atoms with Gasteiger partial charge in [-0.05, 0) is 47.5 Å². The Morgan fingerprint density at radius 3 is 1.41 bits per heavy atom. The van der Waals surface area contributed by atoms with Gasteiger partial charge < -0.3 is 17.3 Å². The topological polar surface area (TPSA) is 3.88 Å². The lowest BCUT2D eigenvalue weighted by molar-refractivity contribution is -0.666. The van der Waals surface area contributed by atoms with Crippen molar-refractivity contribution < 1.29 is 21.8 Å². The predicted molar refractivity (Wildman–Crippen MR) is 146 cm³/mol. The summed E-state index contributed by atoms with van der Waals surface area (Å²) in [6.45, 7) is 0.800. The van der Waals surface area contributed by atoms with Gasteiger partial charge in [0.25, 0.3) is 0 Å². The van der Waals surface area contributed by atoms with Gasteiger partial charge >= 0.3 is 7.25 Å². The van der Waals surface area contributed by atoms with Gasteiger partial charge in [0.15, 0.2) is 6.54 Å². The summed E-state index contributed by atoms with van der Waals surface area (Å²) < 4.78 is 42.5. The van der Waals surface area contributed by atoms with Crippen molar-refractivity contribution in [2.45, 2.75) is 6.54 Å². The number of hydrogen-bond acceptors (Lipinski definition) is 0. The van der Waals surface area contributed by atoms with Crippen molar-refractivity contribution in [3.05, 3.63) is 137 Å². The van der Waals surface area contributed by atoms with E-state index in [1.165, 1.54) is 39.2 Å². The molecule has 37 heavy (non-hydrogen) atoms. The van der Waals surface area contributed by atoms with Crippen LogP contribution in [0.1, 0.15) is 5.56 Å². The Morgan fingerprint density at radius 2 is 0.946 bits per heavy atom. The molecule has 186 valence electrons. The zero-order chi connectivity index (χ0) is 26.3. The highest BCUT2D eigenvalue weighted by atomic mass is 79.9. The largest absolute Gasteiger partial charge is 0.673 e. The Kier molecular flexibility index (Phi) is 8.56. The molecule has 1 heterocycles. The molecule has 0 aliphatic heterocycles. The van der Waals surface area contributed by atoms with Crippen molar-refractivity contribution >= 4 is 23.2 Å². The number of hydrogen-bond donors (Lipinski definition) is 0. The minimum atomic E-state index is -6.00. The molecule has 1 aromatic heterocycles. The van der Waals surface area contributed by atoms with E-state index in [0.29, 0.717) is 0 Å². The van der Waals surface area contributed by atoms with Crippen LogP contribution in [0.25, 0.3) is 33.6 Å². The molecule has 0 unspecified atom stereocenters. The van der Waals surface area contributed by atoms with Crippen molar-refractivity contribution in [2.24, 2.45) is 0 Å². The smallest absolute Gasteiger partial charge is 0.418 e. The maximum absolute atomic E-state index is 9.75. The molecule has 0 atom stereocenters. The fourth-order valence-corrected chi connectivity index (χ4v) is 4.49. The molecule has 5 rings (SSSR count).